The molecule has 0 unspecified atom stereocenters. The van der Waals surface area contributed by atoms with Crippen LogP contribution in [0.2, 0.25) is 0 Å². The van der Waals surface area contributed by atoms with Crippen LogP contribution in [0.1, 0.15) is 5.56 Å². The molecule has 0 aliphatic rings. The predicted octanol–water partition coefficient (Wildman–Crippen LogP) is 2.00. The number of carboxylic acids is 1. The third-order valence-corrected chi connectivity index (χ3v) is 2.59. The van der Waals surface area contributed by atoms with E-state index in [9.17, 15) is 9.90 Å². The third-order valence-electron chi connectivity index (χ3n) is 2.59. The fourth-order valence-corrected chi connectivity index (χ4v) is 1.57. The first kappa shape index (κ1) is 15.3. The second-order valence-electron chi connectivity index (χ2n) is 4.06. The van der Waals surface area contributed by atoms with Gasteiger partial charge in [-0.05, 0) is 11.6 Å². The molecule has 114 valence electrons. The molecule has 0 spiro atoms. The van der Waals surface area contributed by atoms with E-state index in [4.69, 9.17) is 14.2 Å². The highest BCUT2D eigenvalue weighted by molar-refractivity contribution is 5.90. The van der Waals surface area contributed by atoms with Gasteiger partial charge in [-0.1, -0.05) is 30.3 Å². The first-order chi connectivity index (χ1) is 10.6. The Morgan fingerprint density at radius 3 is 2.18 bits per heavy atom. The minimum Gasteiger partial charge on any atom is -0.481 e. The highest BCUT2D eigenvalue weighted by Gasteiger charge is 2.14. The highest BCUT2D eigenvalue weighted by atomic mass is 16.5. The lowest BCUT2D eigenvalue weighted by atomic mass is 10.2. The maximum Gasteiger partial charge on any atom is 0.371 e. The van der Waals surface area contributed by atoms with E-state index >= 15 is 0 Å². The van der Waals surface area contributed by atoms with Gasteiger partial charge in [0.25, 0.3) is 0 Å². The quantitative estimate of drug-likeness (QED) is 0.644. The summed E-state index contributed by atoms with van der Waals surface area (Å²) in [6.45, 7) is 0. The topological polar surface area (TPSA) is 90.8 Å². The number of methoxy groups -OCH3 is 2. The molecule has 0 atom stereocenters. The van der Waals surface area contributed by atoms with E-state index in [0.29, 0.717) is 5.56 Å². The Bertz CT molecular complexity index is 663. The van der Waals surface area contributed by atoms with Gasteiger partial charge in [0.15, 0.2) is 0 Å². The number of hydrogen-bond donors (Lipinski definition) is 1. The molecule has 0 amide bonds. The van der Waals surface area contributed by atoms with Gasteiger partial charge < -0.3 is 19.3 Å². The molecule has 0 aliphatic carbocycles. The van der Waals surface area contributed by atoms with Crippen molar-refractivity contribution in [1.82, 2.24) is 9.97 Å². The lowest BCUT2D eigenvalue weighted by Crippen LogP contribution is -2.10. The van der Waals surface area contributed by atoms with Crippen molar-refractivity contribution < 1.29 is 24.1 Å². The molecule has 0 saturated carbocycles. The molecule has 2 aromatic rings. The van der Waals surface area contributed by atoms with Crippen molar-refractivity contribution in [1.29, 1.82) is 0 Å². The highest BCUT2D eigenvalue weighted by Crippen LogP contribution is 2.20. The van der Waals surface area contributed by atoms with Crippen LogP contribution in [0.5, 0.6) is 17.8 Å². The zero-order valence-electron chi connectivity index (χ0n) is 12.0. The maximum absolute atomic E-state index is 11.3. The summed E-state index contributed by atoms with van der Waals surface area (Å²) in [5.41, 5.74) is 0.676. The minimum absolute atomic E-state index is 0.180. The molecule has 0 bridgehead atoms. The summed E-state index contributed by atoms with van der Waals surface area (Å²) in [4.78, 5) is 19.2. The van der Waals surface area contributed by atoms with E-state index in [1.54, 1.807) is 24.3 Å². The molecule has 0 radical (unpaired) electrons. The Hall–Kier alpha value is -3.09. The van der Waals surface area contributed by atoms with Crippen LogP contribution in [-0.2, 0) is 4.79 Å². The summed E-state index contributed by atoms with van der Waals surface area (Å²) in [6, 6.07) is 10.2. The number of ether oxygens (including phenoxy) is 3. The molecule has 0 fully saturated rings. The van der Waals surface area contributed by atoms with E-state index < -0.39 is 5.97 Å². The Kier molecular flexibility index (Phi) is 4.92. The molecule has 1 N–H and O–H groups in total. The lowest BCUT2D eigenvalue weighted by Gasteiger charge is -2.08. The van der Waals surface area contributed by atoms with Gasteiger partial charge in [0.1, 0.15) is 0 Å². The van der Waals surface area contributed by atoms with Gasteiger partial charge in [-0.2, -0.15) is 9.97 Å². The normalized spacial score (nSPS) is 10.9. The van der Waals surface area contributed by atoms with Crippen LogP contribution in [0, 0.1) is 0 Å². The molecular weight excluding hydrogens is 288 g/mol. The Labute approximate surface area is 126 Å². The summed E-state index contributed by atoms with van der Waals surface area (Å²) in [7, 11) is 2.84. The van der Waals surface area contributed by atoms with Crippen molar-refractivity contribution in [3.63, 3.8) is 0 Å². The van der Waals surface area contributed by atoms with Crippen molar-refractivity contribution in [3.05, 3.63) is 47.7 Å². The average molecular weight is 302 g/mol. The monoisotopic (exact) mass is 302 g/mol. The molecule has 0 saturated heterocycles. The second kappa shape index (κ2) is 7.07. The van der Waals surface area contributed by atoms with Crippen LogP contribution >= 0.6 is 0 Å². The molecule has 1 aromatic heterocycles. The van der Waals surface area contributed by atoms with Crippen LogP contribution < -0.4 is 14.2 Å². The number of rotatable bonds is 6. The predicted molar refractivity (Wildman–Crippen MR) is 77.8 cm³/mol. The number of hydrogen-bond acceptors (Lipinski definition) is 6. The minimum atomic E-state index is -1.24. The van der Waals surface area contributed by atoms with E-state index in [2.05, 4.69) is 9.97 Å². The molecule has 0 aliphatic heterocycles. The van der Waals surface area contributed by atoms with Crippen molar-refractivity contribution in [2.45, 2.75) is 0 Å². The Morgan fingerprint density at radius 2 is 1.68 bits per heavy atom. The Morgan fingerprint density at radius 1 is 1.09 bits per heavy atom. The van der Waals surface area contributed by atoms with Gasteiger partial charge in [0.2, 0.25) is 17.5 Å². The summed E-state index contributed by atoms with van der Waals surface area (Å²) in [5.74, 6) is -1.16. The van der Waals surface area contributed by atoms with Crippen molar-refractivity contribution >= 4 is 12.0 Å². The van der Waals surface area contributed by atoms with Crippen molar-refractivity contribution in [2.24, 2.45) is 0 Å². The van der Waals surface area contributed by atoms with Crippen LogP contribution in [0.3, 0.4) is 0 Å². The van der Waals surface area contributed by atoms with Gasteiger partial charge in [-0.15, -0.1) is 0 Å². The number of carbonyl (C=O) groups is 1. The smallest absolute Gasteiger partial charge is 0.371 e. The largest absolute Gasteiger partial charge is 0.481 e. The number of aliphatic carboxylic acids is 1. The number of carboxylic acid groups (broad SMARTS) is 1. The van der Waals surface area contributed by atoms with Crippen molar-refractivity contribution in [2.75, 3.05) is 14.2 Å². The average Bonchev–Trinajstić information content (AvgIpc) is 2.54. The van der Waals surface area contributed by atoms with E-state index in [-0.39, 0.29) is 23.5 Å². The summed E-state index contributed by atoms with van der Waals surface area (Å²) in [6.07, 6.45) is 1.37. The van der Waals surface area contributed by atoms with Crippen LogP contribution in [0.25, 0.3) is 6.08 Å². The number of benzene rings is 1. The van der Waals surface area contributed by atoms with Gasteiger partial charge >= 0.3 is 12.0 Å². The lowest BCUT2D eigenvalue weighted by molar-refractivity contribution is -0.135. The first-order valence-electron chi connectivity index (χ1n) is 6.27. The standard InChI is InChI=1S/C15H14N2O5/c1-20-12-9-13(21-2)17-15(16-12)22-11(14(18)19)8-10-6-4-3-5-7-10/h3-9H,1-2H3,(H,18,19). The van der Waals surface area contributed by atoms with Gasteiger partial charge in [-0.3, -0.25) is 0 Å². The fraction of sp³-hybridized carbons (Fsp3) is 0.133. The summed E-state index contributed by atoms with van der Waals surface area (Å²) in [5, 5.41) is 9.24. The molecule has 1 aromatic carbocycles. The molecule has 2 rings (SSSR count). The van der Waals surface area contributed by atoms with Crippen molar-refractivity contribution in [3.8, 4) is 17.8 Å². The maximum atomic E-state index is 11.3. The third kappa shape index (κ3) is 3.95. The molecule has 7 heteroatoms. The first-order valence-corrected chi connectivity index (χ1v) is 6.27. The zero-order chi connectivity index (χ0) is 15.9. The molecule has 22 heavy (non-hydrogen) atoms. The van der Waals surface area contributed by atoms with Crippen LogP contribution in [0.15, 0.2) is 42.2 Å². The zero-order valence-corrected chi connectivity index (χ0v) is 12.0. The molecular formula is C15H14N2O5. The summed E-state index contributed by atoms with van der Waals surface area (Å²) < 4.78 is 15.2. The SMILES string of the molecule is COc1cc(OC)nc(OC(=Cc2ccccc2)C(=O)O)n1. The van der Waals surface area contributed by atoms with Crippen LogP contribution in [-0.4, -0.2) is 35.3 Å². The second-order valence-corrected chi connectivity index (χ2v) is 4.06. The van der Waals surface area contributed by atoms with Gasteiger partial charge in [0.05, 0.1) is 20.3 Å². The van der Waals surface area contributed by atoms with Gasteiger partial charge in [-0.25, -0.2) is 4.79 Å². The van der Waals surface area contributed by atoms with E-state index in [0.717, 1.165) is 0 Å². The van der Waals surface area contributed by atoms with E-state index in [1.807, 2.05) is 6.07 Å². The summed E-state index contributed by atoms with van der Waals surface area (Å²) >= 11 is 0. The Balaban J connectivity index is 2.32. The van der Waals surface area contributed by atoms with Crippen LogP contribution in [0.4, 0.5) is 0 Å². The molecule has 1 heterocycles. The fourth-order valence-electron chi connectivity index (χ4n) is 1.57. The molecule has 7 nitrogen and oxygen atoms in total. The van der Waals surface area contributed by atoms with Gasteiger partial charge in [0, 0.05) is 0 Å². The number of nitrogens with zero attached hydrogens (tertiary/aromatic N) is 2. The number of aromatic nitrogens is 2. The van der Waals surface area contributed by atoms with E-state index in [1.165, 1.54) is 26.4 Å².